The molecule has 3 rings (SSSR count). The van der Waals surface area contributed by atoms with Gasteiger partial charge in [-0.05, 0) is 62.3 Å². The number of amidine groups is 1. The highest BCUT2D eigenvalue weighted by molar-refractivity contribution is 6.74. The van der Waals surface area contributed by atoms with Crippen LogP contribution in [0.15, 0.2) is 47.7 Å². The summed E-state index contributed by atoms with van der Waals surface area (Å²) in [6.45, 7) is 15.1. The number of pyridine rings is 1. The normalized spacial score (nSPS) is 20.4. The van der Waals surface area contributed by atoms with Crippen molar-refractivity contribution in [2.45, 2.75) is 70.5 Å². The molecule has 33 heavy (non-hydrogen) atoms. The molecule has 1 aromatic heterocycles. The van der Waals surface area contributed by atoms with Gasteiger partial charge in [-0.15, -0.1) is 0 Å². The standard InChI is InChI=1S/C25H34N4O3Si/c1-24(2,3)33(7,8)32-22-21(28-23(29-30-6)18-10-9-13-27-16-18)19-14-17(15-26)11-12-20(19)31-25(22,4)5/h9-14,16,21-22H,1-8H3,(H,28,29). The zero-order valence-electron chi connectivity index (χ0n) is 20.8. The van der Waals surface area contributed by atoms with Gasteiger partial charge in [0.2, 0.25) is 0 Å². The van der Waals surface area contributed by atoms with Crippen LogP contribution in [0.25, 0.3) is 0 Å². The summed E-state index contributed by atoms with van der Waals surface area (Å²) in [7, 11) is -0.646. The first-order valence-corrected chi connectivity index (χ1v) is 14.0. The average Bonchev–Trinajstić information content (AvgIpc) is 2.74. The third-order valence-electron chi connectivity index (χ3n) is 6.43. The van der Waals surface area contributed by atoms with Gasteiger partial charge in [-0.25, -0.2) is 5.48 Å². The summed E-state index contributed by atoms with van der Waals surface area (Å²) in [5, 5.41) is 9.54. The van der Waals surface area contributed by atoms with Crippen LogP contribution < -0.4 is 10.2 Å². The number of benzene rings is 1. The van der Waals surface area contributed by atoms with E-state index < -0.39 is 20.0 Å². The minimum atomic E-state index is -2.19. The van der Waals surface area contributed by atoms with Crippen LogP contribution in [0.2, 0.25) is 18.1 Å². The zero-order valence-corrected chi connectivity index (χ0v) is 21.8. The van der Waals surface area contributed by atoms with Crippen LogP contribution in [-0.2, 0) is 9.26 Å². The van der Waals surface area contributed by atoms with E-state index in [2.05, 4.69) is 50.4 Å². The van der Waals surface area contributed by atoms with Gasteiger partial charge in [0.15, 0.2) is 14.2 Å². The zero-order chi connectivity index (χ0) is 24.4. The summed E-state index contributed by atoms with van der Waals surface area (Å²) < 4.78 is 13.4. The van der Waals surface area contributed by atoms with E-state index in [9.17, 15) is 5.26 Å². The molecule has 0 spiro atoms. The van der Waals surface area contributed by atoms with E-state index in [0.717, 1.165) is 11.1 Å². The van der Waals surface area contributed by atoms with Gasteiger partial charge in [0.25, 0.3) is 0 Å². The molecule has 2 atom stereocenters. The topological polar surface area (TPSA) is 88.8 Å². The number of ether oxygens (including phenoxy) is 1. The van der Waals surface area contributed by atoms with Crippen LogP contribution in [0.3, 0.4) is 0 Å². The predicted octanol–water partition coefficient (Wildman–Crippen LogP) is 5.15. The minimum absolute atomic E-state index is 0.00306. The van der Waals surface area contributed by atoms with Crippen molar-refractivity contribution in [3.05, 3.63) is 59.4 Å². The Morgan fingerprint density at radius 1 is 1.27 bits per heavy atom. The van der Waals surface area contributed by atoms with Crippen molar-refractivity contribution >= 4 is 14.2 Å². The first kappa shape index (κ1) is 24.9. The number of fused-ring (bicyclic) bond motifs is 1. The highest BCUT2D eigenvalue weighted by atomic mass is 28.4. The Kier molecular flexibility index (Phi) is 6.98. The molecule has 8 heteroatoms. The average molecular weight is 467 g/mol. The van der Waals surface area contributed by atoms with E-state index in [4.69, 9.17) is 19.0 Å². The molecule has 1 N–H and O–H groups in total. The number of hydroxylamine groups is 1. The smallest absolute Gasteiger partial charge is 0.192 e. The van der Waals surface area contributed by atoms with E-state index in [1.54, 1.807) is 25.6 Å². The molecule has 0 saturated heterocycles. The summed E-state index contributed by atoms with van der Waals surface area (Å²) in [6, 6.07) is 11.0. The molecule has 1 aliphatic rings. The number of aliphatic imine (C=N–C) groups is 1. The molecule has 0 bridgehead atoms. The van der Waals surface area contributed by atoms with Gasteiger partial charge >= 0.3 is 0 Å². The van der Waals surface area contributed by atoms with E-state index in [0.29, 0.717) is 17.1 Å². The molecular weight excluding hydrogens is 432 g/mol. The number of hydrogen-bond donors (Lipinski definition) is 1. The van der Waals surface area contributed by atoms with Gasteiger partial charge < -0.3 is 9.16 Å². The van der Waals surface area contributed by atoms with E-state index in [-0.39, 0.29) is 11.1 Å². The van der Waals surface area contributed by atoms with Crippen molar-refractivity contribution in [2.24, 2.45) is 4.99 Å². The molecule has 176 valence electrons. The first-order valence-electron chi connectivity index (χ1n) is 11.1. The van der Waals surface area contributed by atoms with Crippen LogP contribution in [0, 0.1) is 11.3 Å². The number of nitrogens with one attached hydrogen (secondary N) is 1. The fourth-order valence-electron chi connectivity index (χ4n) is 3.56. The fourth-order valence-corrected chi connectivity index (χ4v) is 4.96. The lowest BCUT2D eigenvalue weighted by molar-refractivity contribution is -0.0491. The molecule has 2 heterocycles. The van der Waals surface area contributed by atoms with Gasteiger partial charge in [0.05, 0.1) is 18.7 Å². The molecular formula is C25H34N4O3Si. The summed E-state index contributed by atoms with van der Waals surface area (Å²) in [5.74, 6) is 1.23. The molecule has 1 aliphatic heterocycles. The van der Waals surface area contributed by atoms with Crippen molar-refractivity contribution in [1.82, 2.24) is 10.5 Å². The maximum Gasteiger partial charge on any atom is 0.192 e. The first-order chi connectivity index (χ1) is 15.4. The maximum atomic E-state index is 9.54. The van der Waals surface area contributed by atoms with Crippen molar-refractivity contribution in [2.75, 3.05) is 7.11 Å². The van der Waals surface area contributed by atoms with Crippen LogP contribution >= 0.6 is 0 Å². The molecule has 2 unspecified atom stereocenters. The van der Waals surface area contributed by atoms with Crippen molar-refractivity contribution in [3.63, 3.8) is 0 Å². The Hall–Kier alpha value is -2.73. The Morgan fingerprint density at radius 2 is 2.00 bits per heavy atom. The minimum Gasteiger partial charge on any atom is -0.485 e. The second kappa shape index (κ2) is 9.25. The third-order valence-corrected chi connectivity index (χ3v) is 10.9. The Labute approximate surface area is 197 Å². The summed E-state index contributed by atoms with van der Waals surface area (Å²) in [6.07, 6.45) is 3.06. The summed E-state index contributed by atoms with van der Waals surface area (Å²) >= 11 is 0. The molecule has 0 saturated carbocycles. The Morgan fingerprint density at radius 3 is 2.58 bits per heavy atom. The predicted molar refractivity (Wildman–Crippen MR) is 132 cm³/mol. The molecule has 2 aromatic rings. The SMILES string of the molecule is CONC(=NC1c2cc(C#N)ccc2OC(C)(C)C1O[Si](C)(C)C(C)(C)C)c1cccnc1. The van der Waals surface area contributed by atoms with Crippen molar-refractivity contribution < 1.29 is 14.0 Å². The monoisotopic (exact) mass is 466 g/mol. The van der Waals surface area contributed by atoms with E-state index in [1.165, 1.54) is 0 Å². The molecule has 0 amide bonds. The maximum absolute atomic E-state index is 9.54. The largest absolute Gasteiger partial charge is 0.485 e. The van der Waals surface area contributed by atoms with Crippen LogP contribution in [0.4, 0.5) is 0 Å². The number of hydrogen-bond acceptors (Lipinski definition) is 6. The van der Waals surface area contributed by atoms with E-state index in [1.807, 2.05) is 38.1 Å². The van der Waals surface area contributed by atoms with Gasteiger partial charge in [0, 0.05) is 23.5 Å². The molecule has 1 aromatic carbocycles. The fraction of sp³-hybridized carbons (Fsp3) is 0.480. The van der Waals surface area contributed by atoms with Gasteiger partial charge in [-0.2, -0.15) is 5.26 Å². The molecule has 0 fully saturated rings. The summed E-state index contributed by atoms with van der Waals surface area (Å²) in [5.41, 5.74) is 4.40. The van der Waals surface area contributed by atoms with Crippen molar-refractivity contribution in [3.8, 4) is 11.8 Å². The molecule has 0 radical (unpaired) electrons. The van der Waals surface area contributed by atoms with Crippen LogP contribution in [0.5, 0.6) is 5.75 Å². The third kappa shape index (κ3) is 5.27. The Balaban J connectivity index is 2.22. The summed E-state index contributed by atoms with van der Waals surface area (Å²) in [4.78, 5) is 14.6. The molecule has 0 aliphatic carbocycles. The highest BCUT2D eigenvalue weighted by Crippen LogP contribution is 2.47. The number of aromatic nitrogens is 1. The quantitative estimate of drug-likeness (QED) is 0.284. The second-order valence-corrected chi connectivity index (χ2v) is 15.1. The van der Waals surface area contributed by atoms with Crippen molar-refractivity contribution in [1.29, 1.82) is 5.26 Å². The lowest BCUT2D eigenvalue weighted by Crippen LogP contribution is -2.56. The van der Waals surface area contributed by atoms with E-state index >= 15 is 0 Å². The van der Waals surface area contributed by atoms with Crippen LogP contribution in [-0.4, -0.2) is 38.0 Å². The number of nitriles is 1. The lowest BCUT2D eigenvalue weighted by Gasteiger charge is -2.48. The molecule has 7 nitrogen and oxygen atoms in total. The van der Waals surface area contributed by atoms with Gasteiger partial charge in [-0.3, -0.25) is 14.8 Å². The second-order valence-electron chi connectivity index (χ2n) is 10.3. The number of rotatable bonds is 5. The Bertz CT molecular complexity index is 1060. The van der Waals surface area contributed by atoms with Gasteiger partial charge in [-0.1, -0.05) is 20.8 Å². The lowest BCUT2D eigenvalue weighted by atomic mass is 9.86. The van der Waals surface area contributed by atoms with Crippen LogP contribution in [0.1, 0.15) is 57.4 Å². The highest BCUT2D eigenvalue weighted by Gasteiger charge is 2.50. The number of nitrogens with zero attached hydrogens (tertiary/aromatic N) is 3. The van der Waals surface area contributed by atoms with Gasteiger partial charge in [0.1, 0.15) is 23.5 Å².